The van der Waals surface area contributed by atoms with Gasteiger partial charge in [0.05, 0.1) is 25.0 Å². The number of ether oxygens (including phenoxy) is 2. The maximum absolute atomic E-state index is 12.2. The van der Waals surface area contributed by atoms with Gasteiger partial charge in [-0.05, 0) is 50.6 Å². The number of aromatic nitrogens is 4. The molecule has 0 aliphatic rings. The fourth-order valence-corrected chi connectivity index (χ4v) is 2.42. The Morgan fingerprint density at radius 3 is 2.73 bits per heavy atom. The minimum atomic E-state index is -0.598. The average Bonchev–Trinajstić information content (AvgIpc) is 2.97. The summed E-state index contributed by atoms with van der Waals surface area (Å²) in [5.41, 5.74) is 0.770. The van der Waals surface area contributed by atoms with Crippen LogP contribution in [0, 0.1) is 0 Å². The first-order valence-electron chi connectivity index (χ1n) is 7.81. The van der Waals surface area contributed by atoms with Crippen LogP contribution in [0.25, 0.3) is 10.9 Å². The predicted octanol–water partition coefficient (Wildman–Crippen LogP) is 4.02. The quantitative estimate of drug-likeness (QED) is 0.691. The van der Waals surface area contributed by atoms with E-state index in [4.69, 9.17) is 21.1 Å². The lowest BCUT2D eigenvalue weighted by molar-refractivity contribution is 0.0522. The van der Waals surface area contributed by atoms with E-state index in [1.807, 2.05) is 6.07 Å². The first kappa shape index (κ1) is 17.9. The zero-order chi connectivity index (χ0) is 18.9. The van der Waals surface area contributed by atoms with Crippen LogP contribution >= 0.6 is 11.6 Å². The lowest BCUT2D eigenvalue weighted by Crippen LogP contribution is -2.27. The minimum Gasteiger partial charge on any atom is -0.491 e. The van der Waals surface area contributed by atoms with Crippen LogP contribution in [0.4, 0.5) is 16.3 Å². The van der Waals surface area contributed by atoms with Crippen LogP contribution in [0.3, 0.4) is 0 Å². The number of nitrogens with zero attached hydrogens (tertiary/aromatic N) is 4. The van der Waals surface area contributed by atoms with Crippen molar-refractivity contribution >= 4 is 40.1 Å². The molecule has 2 heterocycles. The van der Waals surface area contributed by atoms with Crippen LogP contribution in [0.1, 0.15) is 20.8 Å². The molecule has 0 unspecified atom stereocenters. The van der Waals surface area contributed by atoms with Gasteiger partial charge in [-0.15, -0.1) is 0 Å². The molecule has 0 aliphatic heterocycles. The van der Waals surface area contributed by atoms with Crippen LogP contribution in [-0.2, 0) is 4.74 Å². The molecule has 3 aromatic rings. The van der Waals surface area contributed by atoms with Crippen molar-refractivity contribution in [1.29, 1.82) is 0 Å². The number of hydrogen-bond donors (Lipinski definition) is 1. The molecule has 3 rings (SSSR count). The molecule has 1 aromatic carbocycles. The average molecular weight is 376 g/mol. The van der Waals surface area contributed by atoms with Crippen molar-refractivity contribution in [3.63, 3.8) is 0 Å². The van der Waals surface area contributed by atoms with Crippen molar-refractivity contribution in [3.05, 3.63) is 35.9 Å². The Morgan fingerprint density at radius 2 is 2.04 bits per heavy atom. The second kappa shape index (κ2) is 6.80. The number of methoxy groups -OCH3 is 1. The molecule has 9 heteroatoms. The summed E-state index contributed by atoms with van der Waals surface area (Å²) < 4.78 is 11.8. The number of benzene rings is 1. The van der Waals surface area contributed by atoms with Gasteiger partial charge in [-0.3, -0.25) is 0 Å². The highest BCUT2D eigenvalue weighted by Gasteiger charge is 2.20. The number of carbonyl (C=O) groups is 1. The van der Waals surface area contributed by atoms with Crippen molar-refractivity contribution in [1.82, 2.24) is 19.7 Å². The molecule has 2 aromatic heterocycles. The number of anilines is 2. The number of rotatable bonds is 3. The number of carbonyl (C=O) groups excluding carboxylic acids is 1. The third kappa shape index (κ3) is 3.85. The zero-order valence-electron chi connectivity index (χ0n) is 14.8. The highest BCUT2D eigenvalue weighted by Crippen LogP contribution is 2.27. The Morgan fingerprint density at radius 1 is 1.27 bits per heavy atom. The van der Waals surface area contributed by atoms with E-state index in [0.29, 0.717) is 17.1 Å². The first-order valence-corrected chi connectivity index (χ1v) is 8.19. The van der Waals surface area contributed by atoms with Crippen molar-refractivity contribution in [2.75, 3.05) is 12.4 Å². The van der Waals surface area contributed by atoms with Gasteiger partial charge in [0.2, 0.25) is 5.28 Å². The largest absolute Gasteiger partial charge is 0.491 e. The molecule has 0 atom stereocenters. The summed E-state index contributed by atoms with van der Waals surface area (Å²) in [4.78, 5) is 20.2. The van der Waals surface area contributed by atoms with Gasteiger partial charge in [0.1, 0.15) is 5.60 Å². The summed E-state index contributed by atoms with van der Waals surface area (Å²) in [5, 5.41) is 8.11. The first-order chi connectivity index (χ1) is 12.3. The second-order valence-corrected chi connectivity index (χ2v) is 6.83. The molecule has 0 radical (unpaired) electrons. The summed E-state index contributed by atoms with van der Waals surface area (Å²) >= 11 is 5.84. The van der Waals surface area contributed by atoms with E-state index >= 15 is 0 Å². The molecule has 0 fully saturated rings. The fraction of sp³-hybridized carbons (Fsp3) is 0.294. The summed E-state index contributed by atoms with van der Waals surface area (Å²) in [6.07, 6.45) is 2.54. The van der Waals surface area contributed by atoms with Crippen molar-refractivity contribution in [2.24, 2.45) is 0 Å². The van der Waals surface area contributed by atoms with Gasteiger partial charge in [0.25, 0.3) is 0 Å². The van der Waals surface area contributed by atoms with Gasteiger partial charge in [-0.1, -0.05) is 0 Å². The van der Waals surface area contributed by atoms with E-state index in [2.05, 4.69) is 20.4 Å². The molecule has 0 spiro atoms. The highest BCUT2D eigenvalue weighted by molar-refractivity contribution is 6.28. The van der Waals surface area contributed by atoms with E-state index in [9.17, 15) is 4.79 Å². The van der Waals surface area contributed by atoms with E-state index in [0.717, 1.165) is 11.1 Å². The van der Waals surface area contributed by atoms with Gasteiger partial charge in [-0.25, -0.2) is 9.78 Å². The maximum Gasteiger partial charge on any atom is 0.435 e. The zero-order valence-corrected chi connectivity index (χ0v) is 15.5. The Hall–Kier alpha value is -2.87. The standard InChI is InChI=1S/C17H18ClN5O3/c1-17(2,3)26-16(24)23-12-6-5-11(7-10(12)8-20-23)21-14-13(25-4)9-19-15(18)22-14/h5-9H,1-4H3,(H,19,21,22). The topological polar surface area (TPSA) is 91.2 Å². The fourth-order valence-electron chi connectivity index (χ4n) is 2.29. The maximum atomic E-state index is 12.2. The molecule has 0 saturated heterocycles. The number of nitrogens with one attached hydrogen (secondary N) is 1. The van der Waals surface area contributed by atoms with Crippen molar-refractivity contribution in [2.45, 2.75) is 26.4 Å². The van der Waals surface area contributed by atoms with E-state index in [1.165, 1.54) is 18.0 Å². The van der Waals surface area contributed by atoms with Gasteiger partial charge in [-0.2, -0.15) is 14.8 Å². The third-order valence-corrected chi connectivity index (χ3v) is 3.52. The summed E-state index contributed by atoms with van der Waals surface area (Å²) in [5.74, 6) is 0.894. The van der Waals surface area contributed by atoms with Crippen molar-refractivity contribution < 1.29 is 14.3 Å². The van der Waals surface area contributed by atoms with Gasteiger partial charge in [0.15, 0.2) is 11.6 Å². The second-order valence-electron chi connectivity index (χ2n) is 6.49. The predicted molar refractivity (Wildman–Crippen MR) is 98.2 cm³/mol. The number of halogens is 1. The normalized spacial score (nSPS) is 11.4. The minimum absolute atomic E-state index is 0.104. The van der Waals surface area contributed by atoms with Crippen LogP contribution in [0.2, 0.25) is 5.28 Å². The molecule has 136 valence electrons. The summed E-state index contributed by atoms with van der Waals surface area (Å²) in [6, 6.07) is 5.39. The molecule has 1 N–H and O–H groups in total. The Labute approximate surface area is 155 Å². The molecule has 0 bridgehead atoms. The van der Waals surface area contributed by atoms with Crippen molar-refractivity contribution in [3.8, 4) is 5.75 Å². The molecule has 0 amide bonds. The lowest BCUT2D eigenvalue weighted by Gasteiger charge is -2.19. The van der Waals surface area contributed by atoms with Gasteiger partial charge >= 0.3 is 6.09 Å². The number of hydrogen-bond acceptors (Lipinski definition) is 7. The summed E-state index contributed by atoms with van der Waals surface area (Å²) in [6.45, 7) is 5.41. The smallest absolute Gasteiger partial charge is 0.435 e. The van der Waals surface area contributed by atoms with Crippen LogP contribution in [-0.4, -0.2) is 38.6 Å². The SMILES string of the molecule is COc1cnc(Cl)nc1Nc1ccc2c(cnn2C(=O)OC(C)(C)C)c1. The van der Waals surface area contributed by atoms with E-state index in [1.54, 1.807) is 39.1 Å². The molecular weight excluding hydrogens is 358 g/mol. The lowest BCUT2D eigenvalue weighted by atomic mass is 10.2. The molecule has 8 nitrogen and oxygen atoms in total. The van der Waals surface area contributed by atoms with Crippen LogP contribution < -0.4 is 10.1 Å². The van der Waals surface area contributed by atoms with Crippen LogP contribution in [0.15, 0.2) is 30.6 Å². The number of fused-ring (bicyclic) bond motifs is 1. The Balaban J connectivity index is 1.90. The highest BCUT2D eigenvalue weighted by atomic mass is 35.5. The molecule has 0 aliphatic carbocycles. The van der Waals surface area contributed by atoms with E-state index < -0.39 is 11.7 Å². The van der Waals surface area contributed by atoms with Gasteiger partial charge < -0.3 is 14.8 Å². The Bertz CT molecular complexity index is 965. The monoisotopic (exact) mass is 375 g/mol. The summed E-state index contributed by atoms with van der Waals surface area (Å²) in [7, 11) is 1.52. The molecular formula is C17H18ClN5O3. The Kier molecular flexibility index (Phi) is 4.69. The third-order valence-electron chi connectivity index (χ3n) is 3.34. The van der Waals surface area contributed by atoms with Crippen LogP contribution in [0.5, 0.6) is 5.75 Å². The molecule has 26 heavy (non-hydrogen) atoms. The van der Waals surface area contributed by atoms with E-state index in [-0.39, 0.29) is 5.28 Å². The molecule has 0 saturated carbocycles. The van der Waals surface area contributed by atoms with Gasteiger partial charge in [0, 0.05) is 11.1 Å².